The first-order chi connectivity index (χ1) is 5.90. The van der Waals surface area contributed by atoms with Crippen molar-refractivity contribution in [1.82, 2.24) is 0 Å². The first-order valence-corrected chi connectivity index (χ1v) is 4.01. The molecule has 0 saturated heterocycles. The maximum absolute atomic E-state index is 5.46. The summed E-state index contributed by atoms with van der Waals surface area (Å²) in [6, 6.07) is 7.83. The highest BCUT2D eigenvalue weighted by molar-refractivity contribution is 5.34. The third-order valence-electron chi connectivity index (χ3n) is 1.96. The summed E-state index contributed by atoms with van der Waals surface area (Å²) in [4.78, 5) is 10.1. The lowest BCUT2D eigenvalue weighted by molar-refractivity contribution is -0.251. The van der Waals surface area contributed by atoms with E-state index in [9.17, 15) is 0 Å². The van der Waals surface area contributed by atoms with Crippen LogP contribution in [-0.4, -0.2) is 12.6 Å². The van der Waals surface area contributed by atoms with E-state index in [1.54, 1.807) is 0 Å². The van der Waals surface area contributed by atoms with E-state index in [0.717, 1.165) is 12.2 Å². The Morgan fingerprint density at radius 1 is 1.42 bits per heavy atom. The fourth-order valence-corrected chi connectivity index (χ4v) is 1.28. The Hall–Kier alpha value is -1.06. The van der Waals surface area contributed by atoms with E-state index in [0.29, 0.717) is 6.54 Å². The maximum atomic E-state index is 5.46. The summed E-state index contributed by atoms with van der Waals surface area (Å²) < 4.78 is 0. The van der Waals surface area contributed by atoms with Crippen molar-refractivity contribution < 1.29 is 9.78 Å². The average molecular weight is 165 g/mol. The van der Waals surface area contributed by atoms with Crippen molar-refractivity contribution in [2.45, 2.75) is 12.5 Å². The first-order valence-electron chi connectivity index (χ1n) is 4.01. The minimum atomic E-state index is -0.0000926. The molecule has 2 N–H and O–H groups in total. The standard InChI is InChI=1S/C9H11NO2/c10-6-8-5-7-3-1-2-4-9(7)12-11-8/h1-4,8H,5-6,10H2. The van der Waals surface area contributed by atoms with Crippen LogP contribution in [0.4, 0.5) is 0 Å². The van der Waals surface area contributed by atoms with Crippen molar-refractivity contribution >= 4 is 0 Å². The lowest BCUT2D eigenvalue weighted by atomic mass is 10.1. The molecular weight excluding hydrogens is 154 g/mol. The van der Waals surface area contributed by atoms with Crippen molar-refractivity contribution in [2.24, 2.45) is 5.73 Å². The van der Waals surface area contributed by atoms with Gasteiger partial charge >= 0.3 is 0 Å². The predicted molar refractivity (Wildman–Crippen MR) is 44.7 cm³/mol. The Morgan fingerprint density at radius 3 is 3.08 bits per heavy atom. The Morgan fingerprint density at radius 2 is 2.25 bits per heavy atom. The molecule has 0 fully saturated rings. The Bertz CT molecular complexity index is 275. The van der Waals surface area contributed by atoms with Gasteiger partial charge in [-0.25, -0.2) is 0 Å². The second-order valence-corrected chi connectivity index (χ2v) is 2.85. The number of hydrogen-bond acceptors (Lipinski definition) is 3. The number of nitrogens with two attached hydrogens (primary N) is 1. The van der Waals surface area contributed by atoms with Crippen LogP contribution in [-0.2, 0) is 11.3 Å². The highest BCUT2D eigenvalue weighted by atomic mass is 17.2. The van der Waals surface area contributed by atoms with E-state index in [4.69, 9.17) is 15.5 Å². The number of para-hydroxylation sites is 1. The third-order valence-corrected chi connectivity index (χ3v) is 1.96. The smallest absolute Gasteiger partial charge is 0.168 e. The molecule has 1 heterocycles. The van der Waals surface area contributed by atoms with Crippen molar-refractivity contribution in [3.8, 4) is 5.75 Å². The molecule has 3 heteroatoms. The molecule has 2 rings (SSSR count). The molecule has 0 amide bonds. The van der Waals surface area contributed by atoms with Crippen LogP contribution in [0.5, 0.6) is 5.75 Å². The van der Waals surface area contributed by atoms with Gasteiger partial charge in [0, 0.05) is 18.5 Å². The molecule has 0 saturated carbocycles. The largest absolute Gasteiger partial charge is 0.337 e. The van der Waals surface area contributed by atoms with Gasteiger partial charge in [-0.05, 0) is 6.07 Å². The molecular formula is C9H11NO2. The van der Waals surface area contributed by atoms with Crippen LogP contribution in [0, 0.1) is 0 Å². The molecule has 0 aromatic heterocycles. The van der Waals surface area contributed by atoms with Crippen molar-refractivity contribution in [1.29, 1.82) is 0 Å². The van der Waals surface area contributed by atoms with Gasteiger partial charge in [-0.2, -0.15) is 4.89 Å². The van der Waals surface area contributed by atoms with E-state index in [1.807, 2.05) is 24.3 Å². The number of benzene rings is 1. The van der Waals surface area contributed by atoms with Crippen LogP contribution in [0.25, 0.3) is 0 Å². The molecule has 0 radical (unpaired) electrons. The summed E-state index contributed by atoms with van der Waals surface area (Å²) in [7, 11) is 0. The SMILES string of the molecule is NCC1Cc2ccccc2OO1. The molecule has 0 spiro atoms. The number of rotatable bonds is 1. The van der Waals surface area contributed by atoms with Gasteiger partial charge in [-0.3, -0.25) is 0 Å². The molecule has 1 aliphatic heterocycles. The summed E-state index contributed by atoms with van der Waals surface area (Å²) in [6.45, 7) is 0.494. The maximum Gasteiger partial charge on any atom is 0.168 e. The predicted octanol–water partition coefficient (Wildman–Crippen LogP) is 0.880. The Kier molecular flexibility index (Phi) is 1.98. The number of fused-ring (bicyclic) bond motifs is 1. The van der Waals surface area contributed by atoms with Crippen LogP contribution < -0.4 is 10.6 Å². The van der Waals surface area contributed by atoms with Crippen LogP contribution >= 0.6 is 0 Å². The van der Waals surface area contributed by atoms with E-state index < -0.39 is 0 Å². The highest BCUT2D eigenvalue weighted by Gasteiger charge is 2.19. The quantitative estimate of drug-likeness (QED) is 0.628. The van der Waals surface area contributed by atoms with Gasteiger partial charge in [-0.1, -0.05) is 18.2 Å². The molecule has 64 valence electrons. The summed E-state index contributed by atoms with van der Waals surface area (Å²) in [5, 5.41) is 0. The van der Waals surface area contributed by atoms with Gasteiger partial charge < -0.3 is 10.6 Å². The second-order valence-electron chi connectivity index (χ2n) is 2.85. The van der Waals surface area contributed by atoms with E-state index in [-0.39, 0.29) is 6.10 Å². The van der Waals surface area contributed by atoms with Crippen molar-refractivity contribution in [3.63, 3.8) is 0 Å². The monoisotopic (exact) mass is 165 g/mol. The normalized spacial score (nSPS) is 21.2. The van der Waals surface area contributed by atoms with Crippen molar-refractivity contribution in [2.75, 3.05) is 6.54 Å². The molecule has 1 unspecified atom stereocenters. The molecule has 0 bridgehead atoms. The van der Waals surface area contributed by atoms with Gasteiger partial charge in [0.05, 0.1) is 0 Å². The van der Waals surface area contributed by atoms with Gasteiger partial charge in [0.15, 0.2) is 5.75 Å². The minimum Gasteiger partial charge on any atom is -0.337 e. The van der Waals surface area contributed by atoms with Crippen molar-refractivity contribution in [3.05, 3.63) is 29.8 Å². The lowest BCUT2D eigenvalue weighted by Gasteiger charge is -2.22. The zero-order chi connectivity index (χ0) is 8.39. The van der Waals surface area contributed by atoms with Crippen LogP contribution in [0.3, 0.4) is 0 Å². The molecule has 1 aliphatic rings. The third kappa shape index (κ3) is 1.29. The fraction of sp³-hybridized carbons (Fsp3) is 0.333. The lowest BCUT2D eigenvalue weighted by Crippen LogP contribution is -2.30. The molecule has 3 nitrogen and oxygen atoms in total. The summed E-state index contributed by atoms with van der Waals surface area (Å²) in [6.07, 6.45) is 0.840. The van der Waals surface area contributed by atoms with Crippen LogP contribution in [0.15, 0.2) is 24.3 Å². The average Bonchev–Trinajstić information content (AvgIpc) is 2.17. The molecule has 1 aromatic rings. The molecule has 12 heavy (non-hydrogen) atoms. The fourth-order valence-electron chi connectivity index (χ4n) is 1.28. The minimum absolute atomic E-state index is 0.0000926. The Labute approximate surface area is 71.0 Å². The van der Waals surface area contributed by atoms with E-state index in [2.05, 4.69) is 0 Å². The van der Waals surface area contributed by atoms with Crippen LogP contribution in [0.2, 0.25) is 0 Å². The second kappa shape index (κ2) is 3.13. The molecule has 1 atom stereocenters. The van der Waals surface area contributed by atoms with Gasteiger partial charge in [-0.15, -0.1) is 0 Å². The zero-order valence-corrected chi connectivity index (χ0v) is 6.69. The van der Waals surface area contributed by atoms with Crippen LogP contribution in [0.1, 0.15) is 5.56 Å². The van der Waals surface area contributed by atoms with Gasteiger partial charge in [0.2, 0.25) is 0 Å². The topological polar surface area (TPSA) is 44.5 Å². The first kappa shape index (κ1) is 7.58. The number of hydrogen-bond donors (Lipinski definition) is 1. The highest BCUT2D eigenvalue weighted by Crippen LogP contribution is 2.24. The van der Waals surface area contributed by atoms with Gasteiger partial charge in [0.25, 0.3) is 0 Å². The summed E-state index contributed by atoms with van der Waals surface area (Å²) in [5.74, 6) is 0.808. The molecule has 1 aromatic carbocycles. The zero-order valence-electron chi connectivity index (χ0n) is 6.69. The van der Waals surface area contributed by atoms with E-state index >= 15 is 0 Å². The van der Waals surface area contributed by atoms with Gasteiger partial charge in [0.1, 0.15) is 6.10 Å². The van der Waals surface area contributed by atoms with E-state index in [1.165, 1.54) is 5.56 Å². The molecule has 0 aliphatic carbocycles. The Balaban J connectivity index is 2.23. The summed E-state index contributed by atoms with van der Waals surface area (Å²) in [5.41, 5.74) is 6.62. The summed E-state index contributed by atoms with van der Waals surface area (Å²) >= 11 is 0.